The van der Waals surface area contributed by atoms with Crippen molar-refractivity contribution in [2.24, 2.45) is 0 Å². The number of methoxy groups -OCH3 is 1. The van der Waals surface area contributed by atoms with Gasteiger partial charge in [0.15, 0.2) is 17.3 Å². The van der Waals surface area contributed by atoms with E-state index in [0.717, 1.165) is 30.0 Å². The van der Waals surface area contributed by atoms with Crippen LogP contribution in [-0.4, -0.2) is 33.0 Å². The maximum absolute atomic E-state index is 15.5. The van der Waals surface area contributed by atoms with Crippen LogP contribution in [0.25, 0.3) is 0 Å². The van der Waals surface area contributed by atoms with E-state index in [9.17, 15) is 26.8 Å². The van der Waals surface area contributed by atoms with Crippen LogP contribution in [-0.2, 0) is 16.8 Å². The summed E-state index contributed by atoms with van der Waals surface area (Å²) in [5.41, 5.74) is -2.38. The molecule has 13 heteroatoms. The highest BCUT2D eigenvalue weighted by molar-refractivity contribution is 7.87. The summed E-state index contributed by atoms with van der Waals surface area (Å²) in [6, 6.07) is 13.1. The molecule has 0 unspecified atom stereocenters. The largest absolute Gasteiger partial charge is 0.497 e. The third-order valence-corrected chi connectivity index (χ3v) is 6.39. The van der Waals surface area contributed by atoms with Gasteiger partial charge >= 0.3 is 10.4 Å². The van der Waals surface area contributed by atoms with Crippen LogP contribution in [0.3, 0.4) is 0 Å². The van der Waals surface area contributed by atoms with Gasteiger partial charge in [0.2, 0.25) is 0 Å². The summed E-state index contributed by atoms with van der Waals surface area (Å²) < 4.78 is 73.1. The van der Waals surface area contributed by atoms with Crippen molar-refractivity contribution in [1.29, 1.82) is 10.5 Å². The third kappa shape index (κ3) is 6.38. The molecule has 2 aromatic carbocycles. The molecule has 1 aromatic heterocycles. The lowest BCUT2D eigenvalue weighted by Crippen LogP contribution is -2.30. The number of nitriles is 2. The molecule has 0 aliphatic carbocycles. The molecular weight excluding hydrogens is 523 g/mol. The number of amides is 1. The van der Waals surface area contributed by atoms with Crippen LogP contribution >= 0.6 is 0 Å². The molecule has 0 bridgehead atoms. The average molecular weight is 544 g/mol. The van der Waals surface area contributed by atoms with Crippen molar-refractivity contribution in [1.82, 2.24) is 4.98 Å². The summed E-state index contributed by atoms with van der Waals surface area (Å²) in [4.78, 5) is 16.1. The lowest BCUT2D eigenvalue weighted by Gasteiger charge is -2.22. The molecule has 0 fully saturated rings. The lowest BCUT2D eigenvalue weighted by molar-refractivity contribution is 0.102. The molecule has 38 heavy (non-hydrogen) atoms. The molecule has 3 rings (SSSR count). The molecule has 0 saturated carbocycles. The van der Waals surface area contributed by atoms with Crippen LogP contribution in [0.5, 0.6) is 5.75 Å². The Kier molecular flexibility index (Phi) is 8.89. The molecule has 1 N–H and O–H groups in total. The van der Waals surface area contributed by atoms with E-state index in [1.807, 2.05) is 17.4 Å². The van der Waals surface area contributed by atoms with Crippen molar-refractivity contribution < 1.29 is 30.6 Å². The van der Waals surface area contributed by atoms with Gasteiger partial charge in [-0.2, -0.15) is 18.9 Å². The van der Waals surface area contributed by atoms with E-state index in [0.29, 0.717) is 18.6 Å². The number of aromatic nitrogens is 1. The zero-order valence-electron chi connectivity index (χ0n) is 19.9. The fourth-order valence-corrected chi connectivity index (χ4v) is 4.30. The number of unbranched alkanes of at least 4 members (excludes halogenated alkanes) is 1. The van der Waals surface area contributed by atoms with Crippen molar-refractivity contribution in [3.05, 3.63) is 82.7 Å². The van der Waals surface area contributed by atoms with Gasteiger partial charge in [-0.25, -0.2) is 18.1 Å². The first kappa shape index (κ1) is 28.0. The van der Waals surface area contributed by atoms with Crippen LogP contribution in [0.15, 0.2) is 48.7 Å². The van der Waals surface area contributed by atoms with Gasteiger partial charge in [-0.3, -0.25) is 4.79 Å². The lowest BCUT2D eigenvalue weighted by atomic mass is 10.1. The number of aryl methyl sites for hydroxylation is 1. The molecule has 0 aliphatic heterocycles. The van der Waals surface area contributed by atoms with Gasteiger partial charge < -0.3 is 10.1 Å². The standard InChI is InChI=1S/C25H20F3N5O4S/c1-37-18-8-5-16(6-9-18)4-2-3-13-33(38(28,35)36)21-10-7-17(14-29)24(23(21)27)32-25(34)19-11-12-31-20(15-30)22(19)26/h5-12H,2-4,13H2,1H3,(H,32,34). The number of pyridine rings is 1. The fraction of sp³-hybridized carbons (Fsp3) is 0.200. The molecule has 0 radical (unpaired) electrons. The summed E-state index contributed by atoms with van der Waals surface area (Å²) in [5, 5.41) is 20.3. The molecule has 3 aromatic rings. The number of ether oxygens (including phenoxy) is 1. The zero-order valence-corrected chi connectivity index (χ0v) is 20.7. The van der Waals surface area contributed by atoms with Gasteiger partial charge in [0.1, 0.15) is 17.9 Å². The van der Waals surface area contributed by atoms with Crippen molar-refractivity contribution in [2.45, 2.75) is 19.3 Å². The first-order chi connectivity index (χ1) is 18.1. The third-order valence-electron chi connectivity index (χ3n) is 5.49. The summed E-state index contributed by atoms with van der Waals surface area (Å²) in [7, 11) is -3.92. The Labute approximate surface area is 217 Å². The number of benzene rings is 2. The smallest absolute Gasteiger partial charge is 0.399 e. The quantitative estimate of drug-likeness (QED) is 0.296. The minimum absolute atomic E-state index is 0.148. The van der Waals surface area contributed by atoms with Gasteiger partial charge in [0, 0.05) is 12.7 Å². The second kappa shape index (κ2) is 12.1. The van der Waals surface area contributed by atoms with E-state index in [-0.39, 0.29) is 10.7 Å². The van der Waals surface area contributed by atoms with Crippen molar-refractivity contribution in [3.63, 3.8) is 0 Å². The molecular formula is C25H20F3N5O4S. The number of hydrogen-bond donors (Lipinski definition) is 1. The molecule has 196 valence electrons. The number of rotatable bonds is 10. The monoisotopic (exact) mass is 543 g/mol. The average Bonchev–Trinajstić information content (AvgIpc) is 2.90. The van der Waals surface area contributed by atoms with Gasteiger partial charge in [0.25, 0.3) is 5.91 Å². The normalized spacial score (nSPS) is 10.8. The maximum Gasteiger partial charge on any atom is 0.399 e. The highest BCUT2D eigenvalue weighted by Gasteiger charge is 2.28. The summed E-state index contributed by atoms with van der Waals surface area (Å²) in [5.74, 6) is -3.25. The predicted molar refractivity (Wildman–Crippen MR) is 131 cm³/mol. The Bertz CT molecular complexity index is 1530. The molecule has 0 aliphatic rings. The number of hydrogen-bond acceptors (Lipinski definition) is 7. The second-order valence-electron chi connectivity index (χ2n) is 7.84. The molecule has 1 heterocycles. The number of halogens is 3. The van der Waals surface area contributed by atoms with Crippen LogP contribution < -0.4 is 14.4 Å². The van der Waals surface area contributed by atoms with Crippen LogP contribution in [0.4, 0.5) is 24.0 Å². The molecule has 0 saturated heterocycles. The summed E-state index contributed by atoms with van der Waals surface area (Å²) >= 11 is 0. The van der Waals surface area contributed by atoms with E-state index < -0.39 is 62.7 Å². The van der Waals surface area contributed by atoms with Gasteiger partial charge in [-0.15, -0.1) is 0 Å². The highest BCUT2D eigenvalue weighted by atomic mass is 32.3. The summed E-state index contributed by atoms with van der Waals surface area (Å²) in [6.07, 6.45) is 2.10. The fourth-order valence-electron chi connectivity index (χ4n) is 3.57. The van der Waals surface area contributed by atoms with Crippen molar-refractivity contribution >= 4 is 27.7 Å². The van der Waals surface area contributed by atoms with E-state index in [2.05, 4.69) is 4.98 Å². The molecule has 9 nitrogen and oxygen atoms in total. The van der Waals surface area contributed by atoms with E-state index in [1.165, 1.54) is 13.2 Å². The SMILES string of the molecule is COc1ccc(CCCCN(c2ccc(C#N)c(NC(=O)c3ccnc(C#N)c3F)c2F)S(=O)(=O)F)cc1. The minimum atomic E-state index is -5.45. The van der Waals surface area contributed by atoms with Crippen LogP contribution in [0, 0.1) is 34.3 Å². The Balaban J connectivity index is 1.85. The summed E-state index contributed by atoms with van der Waals surface area (Å²) in [6.45, 7) is -0.435. The van der Waals surface area contributed by atoms with Gasteiger partial charge in [-0.05, 0) is 55.2 Å². The van der Waals surface area contributed by atoms with E-state index >= 15 is 4.39 Å². The number of nitrogens with one attached hydrogen (secondary N) is 1. The Morgan fingerprint density at radius 3 is 2.37 bits per heavy atom. The maximum atomic E-state index is 15.5. The number of anilines is 2. The van der Waals surface area contributed by atoms with E-state index in [4.69, 9.17) is 10.00 Å². The predicted octanol–water partition coefficient (Wildman–Crippen LogP) is 4.41. The molecule has 1 amide bonds. The minimum Gasteiger partial charge on any atom is -0.497 e. The van der Waals surface area contributed by atoms with E-state index in [1.54, 1.807) is 18.2 Å². The van der Waals surface area contributed by atoms with Gasteiger partial charge in [0.05, 0.1) is 29.6 Å². The molecule has 0 spiro atoms. The zero-order chi connectivity index (χ0) is 27.9. The van der Waals surface area contributed by atoms with Gasteiger partial charge in [-0.1, -0.05) is 16.0 Å². The highest BCUT2D eigenvalue weighted by Crippen LogP contribution is 2.32. The second-order valence-corrected chi connectivity index (χ2v) is 9.10. The Morgan fingerprint density at radius 2 is 1.76 bits per heavy atom. The Morgan fingerprint density at radius 1 is 1.05 bits per heavy atom. The number of nitrogens with zero attached hydrogens (tertiary/aromatic N) is 4. The number of carbonyl (C=O) groups is 1. The number of carbonyl (C=O) groups excluding carboxylic acids is 1. The first-order valence-corrected chi connectivity index (χ1v) is 12.4. The van der Waals surface area contributed by atoms with Crippen LogP contribution in [0.1, 0.15) is 40.0 Å². The Hall–Kier alpha value is -4.62. The molecule has 0 atom stereocenters. The first-order valence-electron chi connectivity index (χ1n) is 11.0. The van der Waals surface area contributed by atoms with Crippen molar-refractivity contribution in [2.75, 3.05) is 23.3 Å². The topological polar surface area (TPSA) is 136 Å². The van der Waals surface area contributed by atoms with Crippen molar-refractivity contribution in [3.8, 4) is 17.9 Å². The van der Waals surface area contributed by atoms with Crippen LogP contribution in [0.2, 0.25) is 0 Å².